The molecule has 0 atom stereocenters. The van der Waals surface area contributed by atoms with Gasteiger partial charge < -0.3 is 15.1 Å². The average Bonchev–Trinajstić information content (AvgIpc) is 2.54. The summed E-state index contributed by atoms with van der Waals surface area (Å²) in [6, 6.07) is 8.53. The van der Waals surface area contributed by atoms with Crippen molar-refractivity contribution in [2.24, 2.45) is 4.99 Å². The first-order valence-electron chi connectivity index (χ1n) is 7.92. The topological polar surface area (TPSA) is 47.9 Å². The highest BCUT2D eigenvalue weighted by molar-refractivity contribution is 5.85. The van der Waals surface area contributed by atoms with E-state index in [1.165, 1.54) is 11.1 Å². The summed E-state index contributed by atoms with van der Waals surface area (Å²) < 4.78 is 0. The first-order valence-corrected chi connectivity index (χ1v) is 7.92. The lowest BCUT2D eigenvalue weighted by Gasteiger charge is -2.31. The van der Waals surface area contributed by atoms with Crippen LogP contribution in [0.15, 0.2) is 29.3 Å². The lowest BCUT2D eigenvalue weighted by atomic mass is 10.0. The zero-order chi connectivity index (χ0) is 15.9. The molecule has 5 nitrogen and oxygen atoms in total. The summed E-state index contributed by atoms with van der Waals surface area (Å²) in [4.78, 5) is 20.1. The highest BCUT2D eigenvalue weighted by Gasteiger charge is 2.19. The summed E-state index contributed by atoms with van der Waals surface area (Å²) in [6.07, 6.45) is 2.05. The smallest absolute Gasteiger partial charge is 0.243 e. The molecule has 0 unspecified atom stereocenters. The van der Waals surface area contributed by atoms with Gasteiger partial charge in [0.05, 0.1) is 0 Å². The third-order valence-corrected chi connectivity index (χ3v) is 3.83. The molecule has 0 radical (unpaired) electrons. The van der Waals surface area contributed by atoms with E-state index in [0.717, 1.165) is 38.4 Å². The molecule has 0 aromatic heterocycles. The number of nitrogens with one attached hydrogen (secondary N) is 1. The number of carbonyl (C=O) groups is 1. The fourth-order valence-electron chi connectivity index (χ4n) is 2.46. The van der Waals surface area contributed by atoms with Crippen LogP contribution in [0.5, 0.6) is 0 Å². The van der Waals surface area contributed by atoms with E-state index in [1.54, 1.807) is 19.0 Å². The van der Waals surface area contributed by atoms with Crippen LogP contribution in [0.1, 0.15) is 24.5 Å². The molecule has 1 aliphatic rings. The van der Waals surface area contributed by atoms with Crippen LogP contribution >= 0.6 is 0 Å². The Morgan fingerprint density at radius 2 is 2.05 bits per heavy atom. The molecule has 0 fully saturated rings. The minimum absolute atomic E-state index is 0.0215. The zero-order valence-corrected chi connectivity index (χ0v) is 13.8. The molecule has 0 saturated heterocycles. The van der Waals surface area contributed by atoms with Gasteiger partial charge in [0.1, 0.15) is 6.54 Å². The van der Waals surface area contributed by atoms with Crippen LogP contribution in [0.4, 0.5) is 0 Å². The van der Waals surface area contributed by atoms with E-state index in [1.807, 2.05) is 0 Å². The highest BCUT2D eigenvalue weighted by Crippen LogP contribution is 2.18. The molecule has 1 N–H and O–H groups in total. The molecule has 1 heterocycles. The molecule has 5 heteroatoms. The molecule has 1 aromatic carbocycles. The molecule has 0 saturated carbocycles. The Morgan fingerprint density at radius 1 is 1.32 bits per heavy atom. The van der Waals surface area contributed by atoms with Gasteiger partial charge in [-0.05, 0) is 24.0 Å². The van der Waals surface area contributed by atoms with Crippen molar-refractivity contribution >= 4 is 11.9 Å². The van der Waals surface area contributed by atoms with Crippen LogP contribution in [-0.4, -0.2) is 55.4 Å². The Kier molecular flexibility index (Phi) is 5.81. The van der Waals surface area contributed by atoms with Crippen LogP contribution < -0.4 is 5.32 Å². The standard InChI is InChI=1S/C17H26N4O/c1-4-10-18-17(19-12-16(22)20(2)3)21-11-9-14-7-5-6-8-15(14)13-21/h5-8H,4,9-13H2,1-3H3,(H,18,19). The van der Waals surface area contributed by atoms with Crippen LogP contribution in [0.2, 0.25) is 0 Å². The average molecular weight is 302 g/mol. The van der Waals surface area contributed by atoms with E-state index < -0.39 is 0 Å². The van der Waals surface area contributed by atoms with Gasteiger partial charge in [0, 0.05) is 33.7 Å². The molecule has 120 valence electrons. The number of aliphatic imine (C=N–C) groups is 1. The van der Waals surface area contributed by atoms with E-state index in [2.05, 4.69) is 46.4 Å². The van der Waals surface area contributed by atoms with Crippen molar-refractivity contribution in [2.45, 2.75) is 26.3 Å². The highest BCUT2D eigenvalue weighted by atomic mass is 16.2. The van der Waals surface area contributed by atoms with Crippen molar-refractivity contribution in [3.63, 3.8) is 0 Å². The van der Waals surface area contributed by atoms with E-state index in [-0.39, 0.29) is 12.5 Å². The van der Waals surface area contributed by atoms with Gasteiger partial charge in [-0.15, -0.1) is 0 Å². The summed E-state index contributed by atoms with van der Waals surface area (Å²) in [5, 5.41) is 3.37. The molecular weight excluding hydrogens is 276 g/mol. The van der Waals surface area contributed by atoms with Gasteiger partial charge in [-0.25, -0.2) is 4.99 Å². The van der Waals surface area contributed by atoms with Gasteiger partial charge in [0.2, 0.25) is 5.91 Å². The minimum atomic E-state index is 0.0215. The van der Waals surface area contributed by atoms with E-state index >= 15 is 0 Å². The second-order valence-corrected chi connectivity index (χ2v) is 5.80. The van der Waals surface area contributed by atoms with Crippen molar-refractivity contribution in [1.82, 2.24) is 15.1 Å². The summed E-state index contributed by atoms with van der Waals surface area (Å²) in [5.74, 6) is 0.861. The number of nitrogens with zero attached hydrogens (tertiary/aromatic N) is 3. The molecular formula is C17H26N4O. The second kappa shape index (κ2) is 7.82. The second-order valence-electron chi connectivity index (χ2n) is 5.80. The molecule has 1 aliphatic heterocycles. The molecule has 1 amide bonds. The number of carbonyl (C=O) groups excluding carboxylic acids is 1. The molecule has 0 bridgehead atoms. The number of likely N-dealkylation sites (N-methyl/N-ethyl adjacent to an activating group) is 1. The van der Waals surface area contributed by atoms with Crippen LogP contribution in [0.25, 0.3) is 0 Å². The van der Waals surface area contributed by atoms with Crippen molar-refractivity contribution in [3.05, 3.63) is 35.4 Å². The molecule has 0 spiro atoms. The number of fused-ring (bicyclic) bond motifs is 1. The number of rotatable bonds is 4. The SMILES string of the molecule is CCCNC(=NCC(=O)N(C)C)N1CCc2ccccc2C1. The van der Waals surface area contributed by atoms with Crippen molar-refractivity contribution in [1.29, 1.82) is 0 Å². The third-order valence-electron chi connectivity index (χ3n) is 3.83. The fraction of sp³-hybridized carbons (Fsp3) is 0.529. The number of hydrogen-bond donors (Lipinski definition) is 1. The Labute approximate surface area is 133 Å². The number of amides is 1. The van der Waals surface area contributed by atoms with Crippen molar-refractivity contribution in [2.75, 3.05) is 33.7 Å². The summed E-state index contributed by atoms with van der Waals surface area (Å²) >= 11 is 0. The molecule has 22 heavy (non-hydrogen) atoms. The van der Waals surface area contributed by atoms with Gasteiger partial charge in [-0.1, -0.05) is 31.2 Å². The summed E-state index contributed by atoms with van der Waals surface area (Å²) in [6.45, 7) is 4.97. The van der Waals surface area contributed by atoms with Gasteiger partial charge >= 0.3 is 0 Å². The summed E-state index contributed by atoms with van der Waals surface area (Å²) in [5.41, 5.74) is 2.76. The first-order chi connectivity index (χ1) is 10.6. The van der Waals surface area contributed by atoms with Gasteiger partial charge in [-0.2, -0.15) is 0 Å². The van der Waals surface area contributed by atoms with Gasteiger partial charge in [0.15, 0.2) is 5.96 Å². The van der Waals surface area contributed by atoms with E-state index in [9.17, 15) is 4.79 Å². The van der Waals surface area contributed by atoms with Crippen molar-refractivity contribution in [3.8, 4) is 0 Å². The van der Waals surface area contributed by atoms with Crippen LogP contribution in [0, 0.1) is 0 Å². The Balaban J connectivity index is 2.09. The maximum Gasteiger partial charge on any atom is 0.243 e. The zero-order valence-electron chi connectivity index (χ0n) is 13.8. The van der Waals surface area contributed by atoms with Crippen molar-refractivity contribution < 1.29 is 4.79 Å². The lowest BCUT2D eigenvalue weighted by Crippen LogP contribution is -2.44. The number of hydrogen-bond acceptors (Lipinski definition) is 2. The quantitative estimate of drug-likeness (QED) is 0.677. The predicted octanol–water partition coefficient (Wildman–Crippen LogP) is 1.49. The molecule has 2 rings (SSSR count). The monoisotopic (exact) mass is 302 g/mol. The Morgan fingerprint density at radius 3 is 2.73 bits per heavy atom. The largest absolute Gasteiger partial charge is 0.356 e. The number of benzene rings is 1. The van der Waals surface area contributed by atoms with E-state index in [4.69, 9.17) is 0 Å². The third kappa shape index (κ3) is 4.23. The summed E-state index contributed by atoms with van der Waals surface area (Å²) in [7, 11) is 3.52. The van der Waals surface area contributed by atoms with Gasteiger partial charge in [-0.3, -0.25) is 4.79 Å². The first kappa shape index (κ1) is 16.3. The van der Waals surface area contributed by atoms with Crippen LogP contribution in [0.3, 0.4) is 0 Å². The van der Waals surface area contributed by atoms with E-state index in [0.29, 0.717) is 0 Å². The normalized spacial score (nSPS) is 14.5. The molecule has 0 aliphatic carbocycles. The maximum atomic E-state index is 11.8. The molecule has 1 aromatic rings. The Bertz CT molecular complexity index is 539. The Hall–Kier alpha value is -2.04. The van der Waals surface area contributed by atoms with Gasteiger partial charge in [0.25, 0.3) is 0 Å². The minimum Gasteiger partial charge on any atom is -0.356 e. The lowest BCUT2D eigenvalue weighted by molar-refractivity contribution is -0.127. The van der Waals surface area contributed by atoms with Crippen LogP contribution in [-0.2, 0) is 17.8 Å². The fourth-order valence-corrected chi connectivity index (χ4v) is 2.46. The number of guanidine groups is 1. The maximum absolute atomic E-state index is 11.8. The predicted molar refractivity (Wildman–Crippen MR) is 89.8 cm³/mol.